The van der Waals surface area contributed by atoms with Gasteiger partial charge >= 0.3 is 0 Å². The van der Waals surface area contributed by atoms with Gasteiger partial charge < -0.3 is 14.2 Å². The molecule has 0 aliphatic heterocycles. The van der Waals surface area contributed by atoms with Gasteiger partial charge in [0.1, 0.15) is 5.75 Å². The maximum absolute atomic E-state index is 12.9. The first kappa shape index (κ1) is 19.7. The summed E-state index contributed by atoms with van der Waals surface area (Å²) in [4.78, 5) is 19.8. The summed E-state index contributed by atoms with van der Waals surface area (Å²) in [5, 5.41) is 4.01. The zero-order valence-corrected chi connectivity index (χ0v) is 16.6. The lowest BCUT2D eigenvalue weighted by Gasteiger charge is -2.16. The fourth-order valence-corrected chi connectivity index (χ4v) is 3.38. The van der Waals surface area contributed by atoms with E-state index in [9.17, 15) is 4.79 Å². The Morgan fingerprint density at radius 3 is 2.89 bits per heavy atom. The summed E-state index contributed by atoms with van der Waals surface area (Å²) < 4.78 is 10.6. The number of rotatable bonds is 8. The van der Waals surface area contributed by atoms with Gasteiger partial charge in [-0.15, -0.1) is 18.3 Å². The molecule has 0 saturated carbocycles. The summed E-state index contributed by atoms with van der Waals surface area (Å²) in [6.45, 7) is 3.95. The second-order valence-electron chi connectivity index (χ2n) is 6.00. The number of ether oxygens (including phenoxy) is 1. The Hall–Kier alpha value is -3.06. The highest BCUT2D eigenvalue weighted by atomic mass is 32.2. The number of methoxy groups -OCH3 is 1. The summed E-state index contributed by atoms with van der Waals surface area (Å²) in [5.74, 6) is 2.17. The van der Waals surface area contributed by atoms with Crippen LogP contribution in [0.1, 0.15) is 16.2 Å². The molecule has 144 valence electrons. The topological polar surface area (TPSA) is 68.5 Å². The Kier molecular flexibility index (Phi) is 6.49. The monoisotopic (exact) mass is 395 g/mol. The van der Waals surface area contributed by atoms with Gasteiger partial charge in [-0.1, -0.05) is 35.5 Å². The van der Waals surface area contributed by atoms with Crippen LogP contribution in [0.5, 0.6) is 5.75 Å². The van der Waals surface area contributed by atoms with Crippen LogP contribution in [0.4, 0.5) is 0 Å². The number of thioether (sulfide) groups is 1. The van der Waals surface area contributed by atoms with Crippen molar-refractivity contribution in [3.05, 3.63) is 72.6 Å². The van der Waals surface area contributed by atoms with Crippen molar-refractivity contribution < 1.29 is 14.1 Å². The van der Waals surface area contributed by atoms with Crippen LogP contribution in [0.25, 0.3) is 11.4 Å². The normalized spacial score (nSPS) is 10.5. The minimum Gasteiger partial charge on any atom is -0.497 e. The van der Waals surface area contributed by atoms with Crippen LogP contribution < -0.4 is 4.74 Å². The van der Waals surface area contributed by atoms with E-state index >= 15 is 0 Å². The van der Waals surface area contributed by atoms with Crippen molar-refractivity contribution in [2.75, 3.05) is 19.9 Å². The van der Waals surface area contributed by atoms with Gasteiger partial charge in [-0.2, -0.15) is 4.98 Å². The molecule has 3 rings (SSSR count). The van der Waals surface area contributed by atoms with Gasteiger partial charge in [0, 0.05) is 23.3 Å². The molecule has 0 aliphatic carbocycles. The molecule has 0 atom stereocenters. The predicted molar refractivity (Wildman–Crippen MR) is 109 cm³/mol. The lowest BCUT2D eigenvalue weighted by Crippen LogP contribution is -2.26. The fourth-order valence-electron chi connectivity index (χ4n) is 2.60. The van der Waals surface area contributed by atoms with Gasteiger partial charge in [0.2, 0.25) is 11.7 Å². The second kappa shape index (κ2) is 9.23. The first-order chi connectivity index (χ1) is 13.6. The van der Waals surface area contributed by atoms with Crippen LogP contribution in [0, 0.1) is 0 Å². The van der Waals surface area contributed by atoms with Crippen LogP contribution in [0.15, 0.2) is 70.6 Å². The lowest BCUT2D eigenvalue weighted by atomic mass is 10.2. The molecule has 0 spiro atoms. The Morgan fingerprint density at radius 1 is 1.29 bits per heavy atom. The number of amides is 1. The minimum absolute atomic E-state index is 0.103. The third kappa shape index (κ3) is 4.61. The molecule has 0 N–H and O–H groups in total. The molecule has 0 radical (unpaired) electrons. The van der Waals surface area contributed by atoms with E-state index < -0.39 is 0 Å². The van der Waals surface area contributed by atoms with Crippen molar-refractivity contribution in [1.82, 2.24) is 15.0 Å². The Bertz CT molecular complexity index is 971. The van der Waals surface area contributed by atoms with Crippen LogP contribution in [0.2, 0.25) is 0 Å². The van der Waals surface area contributed by atoms with Crippen molar-refractivity contribution in [2.45, 2.75) is 11.4 Å². The molecular formula is C21H21N3O3S. The maximum atomic E-state index is 12.9. The molecule has 7 heteroatoms. The van der Waals surface area contributed by atoms with E-state index in [-0.39, 0.29) is 12.5 Å². The molecule has 0 saturated heterocycles. The molecule has 0 bridgehead atoms. The highest BCUT2D eigenvalue weighted by molar-refractivity contribution is 7.99. The first-order valence-electron chi connectivity index (χ1n) is 8.67. The van der Waals surface area contributed by atoms with Gasteiger partial charge in [0.15, 0.2) is 0 Å². The van der Waals surface area contributed by atoms with Gasteiger partial charge in [0.05, 0.1) is 19.2 Å². The number of hydrogen-bond acceptors (Lipinski definition) is 6. The lowest BCUT2D eigenvalue weighted by molar-refractivity contribution is 0.0766. The summed E-state index contributed by atoms with van der Waals surface area (Å²) in [5.41, 5.74) is 1.43. The molecule has 0 fully saturated rings. The highest BCUT2D eigenvalue weighted by Gasteiger charge is 2.19. The van der Waals surface area contributed by atoms with E-state index in [0.29, 0.717) is 23.0 Å². The van der Waals surface area contributed by atoms with Gasteiger partial charge in [0.25, 0.3) is 5.91 Å². The molecule has 3 aromatic rings. The average Bonchev–Trinajstić information content (AvgIpc) is 3.20. The van der Waals surface area contributed by atoms with Crippen molar-refractivity contribution >= 4 is 17.7 Å². The third-order valence-corrected chi connectivity index (χ3v) is 5.06. The van der Waals surface area contributed by atoms with Crippen LogP contribution in [-0.4, -0.2) is 40.9 Å². The third-order valence-electron chi connectivity index (χ3n) is 3.99. The first-order valence-corrected chi connectivity index (χ1v) is 9.66. The SMILES string of the molecule is C=CCSc1ccccc1C(=O)N(C)Cc1nc(-c2cccc(OC)c2)no1. The van der Waals surface area contributed by atoms with Gasteiger partial charge in [-0.25, -0.2) is 0 Å². The number of hydrogen-bond donors (Lipinski definition) is 0. The van der Waals surface area contributed by atoms with E-state index in [1.165, 1.54) is 0 Å². The van der Waals surface area contributed by atoms with E-state index in [1.807, 2.05) is 54.6 Å². The number of carbonyl (C=O) groups is 1. The van der Waals surface area contributed by atoms with Crippen molar-refractivity contribution in [1.29, 1.82) is 0 Å². The summed E-state index contributed by atoms with van der Waals surface area (Å²) in [6, 6.07) is 14.9. The number of nitrogens with zero attached hydrogens (tertiary/aromatic N) is 3. The van der Waals surface area contributed by atoms with Gasteiger partial charge in [-0.3, -0.25) is 4.79 Å². The molecule has 1 amide bonds. The highest BCUT2D eigenvalue weighted by Crippen LogP contribution is 2.25. The number of aromatic nitrogens is 2. The maximum Gasteiger partial charge on any atom is 0.255 e. The van der Waals surface area contributed by atoms with Gasteiger partial charge in [-0.05, 0) is 24.3 Å². The number of benzene rings is 2. The van der Waals surface area contributed by atoms with E-state index in [1.54, 1.807) is 30.8 Å². The molecule has 0 unspecified atom stereocenters. The fraction of sp³-hybridized carbons (Fsp3) is 0.190. The summed E-state index contributed by atoms with van der Waals surface area (Å²) in [7, 11) is 3.32. The van der Waals surface area contributed by atoms with E-state index in [0.717, 1.165) is 16.2 Å². The molecule has 28 heavy (non-hydrogen) atoms. The van der Waals surface area contributed by atoms with Crippen LogP contribution in [0.3, 0.4) is 0 Å². The van der Waals surface area contributed by atoms with Crippen molar-refractivity contribution in [3.8, 4) is 17.1 Å². The Balaban J connectivity index is 1.73. The van der Waals surface area contributed by atoms with Crippen LogP contribution >= 0.6 is 11.8 Å². The summed E-state index contributed by atoms with van der Waals surface area (Å²) >= 11 is 1.58. The average molecular weight is 395 g/mol. The molecule has 1 aromatic heterocycles. The van der Waals surface area contributed by atoms with E-state index in [4.69, 9.17) is 9.26 Å². The quantitative estimate of drug-likeness (QED) is 0.418. The predicted octanol–water partition coefficient (Wildman–Crippen LogP) is 4.30. The summed E-state index contributed by atoms with van der Waals surface area (Å²) in [6.07, 6.45) is 1.81. The molecule has 0 aliphatic rings. The molecule has 6 nitrogen and oxygen atoms in total. The zero-order valence-electron chi connectivity index (χ0n) is 15.8. The molecular weight excluding hydrogens is 374 g/mol. The van der Waals surface area contributed by atoms with Crippen molar-refractivity contribution in [2.24, 2.45) is 0 Å². The standard InChI is InChI=1S/C21H21N3O3S/c1-4-12-28-18-11-6-5-10-17(18)21(25)24(2)14-19-22-20(23-27-19)15-8-7-9-16(13-15)26-3/h4-11,13H,1,12,14H2,2-3H3. The molecule has 1 heterocycles. The largest absolute Gasteiger partial charge is 0.497 e. The smallest absolute Gasteiger partial charge is 0.255 e. The van der Waals surface area contributed by atoms with Crippen LogP contribution in [-0.2, 0) is 6.54 Å². The second-order valence-corrected chi connectivity index (χ2v) is 7.06. The van der Waals surface area contributed by atoms with E-state index in [2.05, 4.69) is 16.7 Å². The van der Waals surface area contributed by atoms with Crippen molar-refractivity contribution in [3.63, 3.8) is 0 Å². The Labute approximate surface area is 168 Å². The minimum atomic E-state index is -0.103. The Morgan fingerprint density at radius 2 is 2.11 bits per heavy atom. The number of carbonyl (C=O) groups excluding carboxylic acids is 1. The molecule has 2 aromatic carbocycles. The zero-order chi connectivity index (χ0) is 19.9.